The molecular weight excluding hydrogens is 312 g/mol. The molecule has 0 radical (unpaired) electrons. The van der Waals surface area contributed by atoms with Gasteiger partial charge in [0.25, 0.3) is 0 Å². The molecule has 3 rings (SSSR count). The molecule has 2 heterocycles. The fourth-order valence-corrected chi connectivity index (χ4v) is 3.23. The number of amides is 2. The topological polar surface area (TPSA) is 86.6 Å². The number of alkyl carbamates (subject to hydrolysis) is 1. The molecule has 2 atom stereocenters. The highest BCUT2D eigenvalue weighted by atomic mass is 16.5. The largest absolute Gasteiger partial charge is 0.465 e. The molecule has 1 saturated heterocycles. The zero-order chi connectivity index (χ0) is 17.3. The highest BCUT2D eigenvalue weighted by Gasteiger charge is 2.42. The predicted molar refractivity (Wildman–Crippen MR) is 85.3 cm³/mol. The number of methoxy groups -OCH3 is 1. The number of carbonyl (C=O) groups is 3. The standard InChI is InChI=1S/C17H18N2O5/c1-19-9-12(10-5-3-4-6-13(10)19)11-7-8-24-16(21)14(11)15(20)18-17(22)23-2/h3-6,9,11,14H,7-8H2,1-2H3,(H,18,20,22)/t11-,14+/m1/s1. The van der Waals surface area contributed by atoms with E-state index in [-0.39, 0.29) is 12.5 Å². The summed E-state index contributed by atoms with van der Waals surface area (Å²) in [7, 11) is 3.07. The monoisotopic (exact) mass is 330 g/mol. The molecule has 1 aromatic carbocycles. The van der Waals surface area contributed by atoms with E-state index in [9.17, 15) is 14.4 Å². The number of aromatic nitrogens is 1. The molecule has 126 valence electrons. The fourth-order valence-electron chi connectivity index (χ4n) is 3.23. The maximum atomic E-state index is 12.4. The Morgan fingerprint density at radius 3 is 2.83 bits per heavy atom. The number of rotatable bonds is 2. The number of esters is 1. The van der Waals surface area contributed by atoms with Gasteiger partial charge in [-0.15, -0.1) is 0 Å². The SMILES string of the molecule is COC(=O)NC(=O)[C@H]1C(=O)OCC[C@@H]1c1cn(C)c2ccccc12. The Morgan fingerprint density at radius 2 is 2.08 bits per heavy atom. The minimum absolute atomic E-state index is 0.245. The summed E-state index contributed by atoms with van der Waals surface area (Å²) in [6, 6.07) is 7.78. The molecule has 7 nitrogen and oxygen atoms in total. The first-order valence-corrected chi connectivity index (χ1v) is 7.62. The molecule has 2 amide bonds. The normalized spacial score (nSPS) is 20.5. The smallest absolute Gasteiger partial charge is 0.413 e. The molecule has 1 fully saturated rings. The zero-order valence-electron chi connectivity index (χ0n) is 13.4. The van der Waals surface area contributed by atoms with Crippen molar-refractivity contribution >= 4 is 28.9 Å². The Kier molecular flexibility index (Phi) is 4.24. The number of para-hydroxylation sites is 1. The molecule has 0 saturated carbocycles. The van der Waals surface area contributed by atoms with Crippen molar-refractivity contribution in [2.45, 2.75) is 12.3 Å². The summed E-state index contributed by atoms with van der Waals surface area (Å²) in [5.74, 6) is -2.77. The molecular formula is C17H18N2O5. The van der Waals surface area contributed by atoms with Gasteiger partial charge in [0.15, 0.2) is 0 Å². The lowest BCUT2D eigenvalue weighted by molar-refractivity contribution is -0.158. The Bertz CT molecular complexity index is 810. The van der Waals surface area contributed by atoms with E-state index >= 15 is 0 Å². The number of cyclic esters (lactones) is 1. The van der Waals surface area contributed by atoms with E-state index in [1.807, 2.05) is 42.1 Å². The number of carbonyl (C=O) groups excluding carboxylic acids is 3. The van der Waals surface area contributed by atoms with Gasteiger partial charge in [-0.25, -0.2) is 4.79 Å². The lowest BCUT2D eigenvalue weighted by Crippen LogP contribution is -2.45. The first kappa shape index (κ1) is 16.0. The third-order valence-electron chi connectivity index (χ3n) is 4.35. The third kappa shape index (κ3) is 2.73. The van der Waals surface area contributed by atoms with Gasteiger partial charge in [-0.2, -0.15) is 0 Å². The van der Waals surface area contributed by atoms with Crippen molar-refractivity contribution in [2.24, 2.45) is 13.0 Å². The number of ether oxygens (including phenoxy) is 2. The Balaban J connectivity index is 2.01. The second kappa shape index (κ2) is 6.35. The first-order chi connectivity index (χ1) is 11.5. The summed E-state index contributed by atoms with van der Waals surface area (Å²) in [6.07, 6.45) is 1.54. The molecule has 1 aromatic heterocycles. The second-order valence-electron chi connectivity index (χ2n) is 5.73. The van der Waals surface area contributed by atoms with Gasteiger partial charge >= 0.3 is 12.1 Å². The van der Waals surface area contributed by atoms with Gasteiger partial charge in [-0.3, -0.25) is 14.9 Å². The number of nitrogens with one attached hydrogen (secondary N) is 1. The first-order valence-electron chi connectivity index (χ1n) is 7.62. The Hall–Kier alpha value is -2.83. The van der Waals surface area contributed by atoms with E-state index in [0.29, 0.717) is 6.42 Å². The van der Waals surface area contributed by atoms with Crippen molar-refractivity contribution in [3.63, 3.8) is 0 Å². The van der Waals surface area contributed by atoms with Crippen LogP contribution in [-0.4, -0.2) is 36.3 Å². The molecule has 2 aromatic rings. The molecule has 7 heteroatoms. The van der Waals surface area contributed by atoms with Gasteiger partial charge in [-0.05, 0) is 18.1 Å². The van der Waals surface area contributed by atoms with Crippen LogP contribution in [0.2, 0.25) is 0 Å². The zero-order valence-corrected chi connectivity index (χ0v) is 13.4. The number of hydrogen-bond donors (Lipinski definition) is 1. The van der Waals surface area contributed by atoms with Crippen LogP contribution in [0.15, 0.2) is 30.5 Å². The van der Waals surface area contributed by atoms with Crippen LogP contribution in [-0.2, 0) is 26.1 Å². The van der Waals surface area contributed by atoms with E-state index in [2.05, 4.69) is 10.1 Å². The van der Waals surface area contributed by atoms with E-state index in [0.717, 1.165) is 23.6 Å². The van der Waals surface area contributed by atoms with E-state index < -0.39 is 23.9 Å². The summed E-state index contributed by atoms with van der Waals surface area (Å²) in [5.41, 5.74) is 1.91. The average molecular weight is 330 g/mol. The maximum absolute atomic E-state index is 12.4. The second-order valence-corrected chi connectivity index (χ2v) is 5.73. The van der Waals surface area contributed by atoms with Crippen molar-refractivity contribution in [1.29, 1.82) is 0 Å². The van der Waals surface area contributed by atoms with Crippen molar-refractivity contribution in [1.82, 2.24) is 9.88 Å². The minimum Gasteiger partial charge on any atom is -0.465 e. The van der Waals surface area contributed by atoms with Crippen LogP contribution in [0.1, 0.15) is 17.9 Å². The molecule has 0 spiro atoms. The van der Waals surface area contributed by atoms with Crippen molar-refractivity contribution in [2.75, 3.05) is 13.7 Å². The molecule has 1 aliphatic rings. The van der Waals surface area contributed by atoms with Gasteiger partial charge in [0.1, 0.15) is 5.92 Å². The summed E-state index contributed by atoms with van der Waals surface area (Å²) < 4.78 is 11.4. The number of fused-ring (bicyclic) bond motifs is 1. The quantitative estimate of drug-likeness (QED) is 0.669. The van der Waals surface area contributed by atoms with E-state index in [1.165, 1.54) is 0 Å². The van der Waals surface area contributed by atoms with Crippen molar-refractivity contribution in [3.8, 4) is 0 Å². The Morgan fingerprint density at radius 1 is 1.33 bits per heavy atom. The van der Waals surface area contributed by atoms with Gasteiger partial charge in [0.05, 0.1) is 13.7 Å². The molecule has 0 aliphatic carbocycles. The van der Waals surface area contributed by atoms with Crippen LogP contribution in [0.5, 0.6) is 0 Å². The lowest BCUT2D eigenvalue weighted by atomic mass is 9.81. The van der Waals surface area contributed by atoms with Crippen LogP contribution in [0.4, 0.5) is 4.79 Å². The predicted octanol–water partition coefficient (Wildman–Crippen LogP) is 1.71. The number of aryl methyl sites for hydroxylation is 1. The number of hydrogen-bond acceptors (Lipinski definition) is 5. The fraction of sp³-hybridized carbons (Fsp3) is 0.353. The number of imide groups is 1. The molecule has 24 heavy (non-hydrogen) atoms. The Labute approximate surface area is 138 Å². The third-order valence-corrected chi connectivity index (χ3v) is 4.35. The average Bonchev–Trinajstić information content (AvgIpc) is 2.91. The van der Waals surface area contributed by atoms with Gasteiger partial charge in [-0.1, -0.05) is 18.2 Å². The van der Waals surface area contributed by atoms with Crippen molar-refractivity contribution < 1.29 is 23.9 Å². The number of nitrogens with zero attached hydrogens (tertiary/aromatic N) is 1. The number of benzene rings is 1. The van der Waals surface area contributed by atoms with Crippen LogP contribution < -0.4 is 5.32 Å². The van der Waals surface area contributed by atoms with E-state index in [1.54, 1.807) is 0 Å². The molecule has 0 bridgehead atoms. The molecule has 1 aliphatic heterocycles. The molecule has 0 unspecified atom stereocenters. The minimum atomic E-state index is -1.08. The van der Waals surface area contributed by atoms with Gasteiger partial charge in [0, 0.05) is 30.1 Å². The van der Waals surface area contributed by atoms with Crippen molar-refractivity contribution in [3.05, 3.63) is 36.0 Å². The van der Waals surface area contributed by atoms with Crippen LogP contribution >= 0.6 is 0 Å². The van der Waals surface area contributed by atoms with Crippen LogP contribution in [0, 0.1) is 5.92 Å². The summed E-state index contributed by atoms with van der Waals surface area (Å²) in [6.45, 7) is 0.245. The summed E-state index contributed by atoms with van der Waals surface area (Å²) >= 11 is 0. The highest BCUT2D eigenvalue weighted by Crippen LogP contribution is 2.37. The van der Waals surface area contributed by atoms with Gasteiger partial charge in [0.2, 0.25) is 5.91 Å². The van der Waals surface area contributed by atoms with E-state index in [4.69, 9.17) is 4.74 Å². The highest BCUT2D eigenvalue weighted by molar-refractivity contribution is 6.05. The van der Waals surface area contributed by atoms with Gasteiger partial charge < -0.3 is 14.0 Å². The lowest BCUT2D eigenvalue weighted by Gasteiger charge is -2.28. The molecule has 1 N–H and O–H groups in total. The maximum Gasteiger partial charge on any atom is 0.413 e. The van der Waals surface area contributed by atoms with Crippen LogP contribution in [0.25, 0.3) is 10.9 Å². The summed E-state index contributed by atoms with van der Waals surface area (Å²) in [5, 5.41) is 3.06. The summed E-state index contributed by atoms with van der Waals surface area (Å²) in [4.78, 5) is 35.9. The van der Waals surface area contributed by atoms with Crippen LogP contribution in [0.3, 0.4) is 0 Å².